The highest BCUT2D eigenvalue weighted by Gasteiger charge is 2.43. The molecular formula is C19H26N4O3. The van der Waals surface area contributed by atoms with Gasteiger partial charge in [-0.3, -0.25) is 14.9 Å². The fourth-order valence-corrected chi connectivity index (χ4v) is 3.69. The van der Waals surface area contributed by atoms with Crippen molar-refractivity contribution in [2.45, 2.75) is 38.6 Å². The number of piperidine rings is 1. The largest absolute Gasteiger partial charge is 0.326 e. The van der Waals surface area contributed by atoms with Crippen molar-refractivity contribution in [1.29, 1.82) is 0 Å². The van der Waals surface area contributed by atoms with Crippen LogP contribution in [0.5, 0.6) is 0 Å². The second kappa shape index (κ2) is 7.45. The molecular weight excluding hydrogens is 332 g/mol. The molecule has 0 saturated carbocycles. The summed E-state index contributed by atoms with van der Waals surface area (Å²) in [7, 11) is 0. The molecule has 0 radical (unpaired) electrons. The van der Waals surface area contributed by atoms with Crippen molar-refractivity contribution in [3.05, 3.63) is 29.8 Å². The summed E-state index contributed by atoms with van der Waals surface area (Å²) >= 11 is 0. The van der Waals surface area contributed by atoms with Gasteiger partial charge in [-0.1, -0.05) is 19.1 Å². The molecule has 0 bridgehead atoms. The van der Waals surface area contributed by atoms with Gasteiger partial charge in [0.1, 0.15) is 5.54 Å². The van der Waals surface area contributed by atoms with E-state index in [9.17, 15) is 14.4 Å². The van der Waals surface area contributed by atoms with Crippen molar-refractivity contribution < 1.29 is 14.4 Å². The Balaban J connectivity index is 1.64. The first-order valence-electron chi connectivity index (χ1n) is 9.13. The van der Waals surface area contributed by atoms with E-state index < -0.39 is 17.5 Å². The van der Waals surface area contributed by atoms with E-state index in [4.69, 9.17) is 0 Å². The third-order valence-electron chi connectivity index (χ3n) is 5.42. The van der Waals surface area contributed by atoms with Gasteiger partial charge in [0.05, 0.1) is 0 Å². The molecule has 1 aromatic rings. The monoisotopic (exact) mass is 358 g/mol. The number of carbonyl (C=O) groups excluding carboxylic acids is 3. The molecule has 2 aliphatic rings. The smallest absolute Gasteiger partial charge is 0.322 e. The highest BCUT2D eigenvalue weighted by Crippen LogP contribution is 2.27. The zero-order valence-electron chi connectivity index (χ0n) is 15.2. The van der Waals surface area contributed by atoms with Crippen LogP contribution in [0.2, 0.25) is 0 Å². The van der Waals surface area contributed by atoms with E-state index in [1.54, 1.807) is 31.2 Å². The van der Waals surface area contributed by atoms with Gasteiger partial charge in [-0.05, 0) is 62.4 Å². The van der Waals surface area contributed by atoms with Crippen LogP contribution in [0.4, 0.5) is 10.5 Å². The first kappa shape index (κ1) is 18.4. The Kier molecular flexibility index (Phi) is 5.27. The fraction of sp³-hybridized carbons (Fsp3) is 0.526. The second-order valence-corrected chi connectivity index (χ2v) is 7.45. The van der Waals surface area contributed by atoms with Gasteiger partial charge in [0.25, 0.3) is 5.91 Å². The maximum absolute atomic E-state index is 12.4. The van der Waals surface area contributed by atoms with Crippen molar-refractivity contribution in [2.75, 3.05) is 18.4 Å². The summed E-state index contributed by atoms with van der Waals surface area (Å²) < 4.78 is 0. The third kappa shape index (κ3) is 3.88. The zero-order valence-corrected chi connectivity index (χ0v) is 15.2. The van der Waals surface area contributed by atoms with E-state index in [1.165, 1.54) is 0 Å². The van der Waals surface area contributed by atoms with E-state index in [2.05, 4.69) is 28.2 Å². The Morgan fingerprint density at radius 1 is 1.38 bits per heavy atom. The predicted molar refractivity (Wildman–Crippen MR) is 98.5 cm³/mol. The highest BCUT2D eigenvalue weighted by atomic mass is 16.2. The minimum Gasteiger partial charge on any atom is -0.326 e. The quantitative estimate of drug-likeness (QED) is 0.602. The van der Waals surface area contributed by atoms with E-state index in [1.807, 2.05) is 0 Å². The molecule has 3 atom stereocenters. The Labute approximate surface area is 153 Å². The predicted octanol–water partition coefficient (Wildman–Crippen LogP) is 1.71. The number of anilines is 1. The van der Waals surface area contributed by atoms with Crippen LogP contribution in [0.15, 0.2) is 24.3 Å². The maximum atomic E-state index is 12.4. The van der Waals surface area contributed by atoms with Crippen LogP contribution in [-0.4, -0.2) is 30.9 Å². The lowest BCUT2D eigenvalue weighted by molar-refractivity contribution is -0.123. The SMILES string of the molecule is CC(CC(=O)Nc1cccc(C2(C)NC(=O)NC2=O)c1)C1CCCNC1. The van der Waals surface area contributed by atoms with Gasteiger partial charge in [0.15, 0.2) is 0 Å². The molecule has 2 aliphatic heterocycles. The summed E-state index contributed by atoms with van der Waals surface area (Å²) in [5.41, 5.74) is 0.124. The summed E-state index contributed by atoms with van der Waals surface area (Å²) in [5, 5.41) is 11.2. The lowest BCUT2D eigenvalue weighted by Crippen LogP contribution is -2.40. The van der Waals surface area contributed by atoms with Crippen LogP contribution in [0.3, 0.4) is 0 Å². The van der Waals surface area contributed by atoms with E-state index in [-0.39, 0.29) is 5.91 Å². The normalized spacial score (nSPS) is 26.8. The molecule has 3 rings (SSSR count). The molecule has 4 N–H and O–H groups in total. The van der Waals surface area contributed by atoms with Crippen LogP contribution in [0, 0.1) is 11.8 Å². The summed E-state index contributed by atoms with van der Waals surface area (Å²) in [4.78, 5) is 35.9. The summed E-state index contributed by atoms with van der Waals surface area (Å²) in [6, 6.07) is 6.53. The van der Waals surface area contributed by atoms with Crippen molar-refractivity contribution in [3.8, 4) is 0 Å². The van der Waals surface area contributed by atoms with Gasteiger partial charge in [-0.15, -0.1) is 0 Å². The van der Waals surface area contributed by atoms with Crippen LogP contribution in [0.25, 0.3) is 0 Å². The molecule has 2 heterocycles. The standard InChI is InChI=1S/C19H26N4O3/c1-12(13-5-4-8-20-11-13)9-16(24)21-15-7-3-6-14(10-15)19(2)17(25)22-18(26)23-19/h3,6-7,10,12-13,20H,4-5,8-9,11H2,1-2H3,(H,21,24)(H2,22,23,25,26). The van der Waals surface area contributed by atoms with Gasteiger partial charge >= 0.3 is 6.03 Å². The van der Waals surface area contributed by atoms with Gasteiger partial charge < -0.3 is 16.0 Å². The van der Waals surface area contributed by atoms with Crippen LogP contribution < -0.4 is 21.3 Å². The number of hydrogen-bond donors (Lipinski definition) is 4. The van der Waals surface area contributed by atoms with Crippen LogP contribution in [0.1, 0.15) is 38.7 Å². The molecule has 0 aromatic heterocycles. The molecule has 7 nitrogen and oxygen atoms in total. The number of urea groups is 1. The first-order valence-corrected chi connectivity index (χ1v) is 9.13. The fourth-order valence-electron chi connectivity index (χ4n) is 3.69. The molecule has 2 saturated heterocycles. The molecule has 0 spiro atoms. The molecule has 4 amide bonds. The van der Waals surface area contributed by atoms with Crippen LogP contribution in [-0.2, 0) is 15.1 Å². The average Bonchev–Trinajstić information content (AvgIpc) is 2.89. The summed E-state index contributed by atoms with van der Waals surface area (Å²) in [6.45, 7) is 5.79. The minimum atomic E-state index is -1.13. The van der Waals surface area contributed by atoms with Gasteiger partial charge in [0.2, 0.25) is 5.91 Å². The minimum absolute atomic E-state index is 0.0368. The summed E-state index contributed by atoms with van der Waals surface area (Å²) in [6.07, 6.45) is 2.78. The Morgan fingerprint density at radius 2 is 2.19 bits per heavy atom. The van der Waals surface area contributed by atoms with E-state index in [0.29, 0.717) is 29.5 Å². The molecule has 140 valence electrons. The van der Waals surface area contributed by atoms with E-state index >= 15 is 0 Å². The topological polar surface area (TPSA) is 99.3 Å². The number of rotatable bonds is 5. The number of amides is 4. The highest BCUT2D eigenvalue weighted by molar-refractivity contribution is 6.07. The second-order valence-electron chi connectivity index (χ2n) is 7.45. The molecule has 1 aromatic carbocycles. The number of carbonyl (C=O) groups is 3. The lowest BCUT2D eigenvalue weighted by Gasteiger charge is -2.28. The molecule has 7 heteroatoms. The average molecular weight is 358 g/mol. The van der Waals surface area contributed by atoms with Gasteiger partial charge in [-0.2, -0.15) is 0 Å². The Morgan fingerprint density at radius 3 is 2.85 bits per heavy atom. The number of benzene rings is 1. The number of nitrogens with one attached hydrogen (secondary N) is 4. The lowest BCUT2D eigenvalue weighted by atomic mass is 9.85. The molecule has 3 unspecified atom stereocenters. The number of imide groups is 1. The third-order valence-corrected chi connectivity index (χ3v) is 5.42. The molecule has 2 fully saturated rings. The van der Waals surface area contributed by atoms with E-state index in [0.717, 1.165) is 25.9 Å². The summed E-state index contributed by atoms with van der Waals surface area (Å²) in [5.74, 6) is 0.398. The molecule has 0 aliphatic carbocycles. The zero-order chi connectivity index (χ0) is 18.7. The van der Waals surface area contributed by atoms with Gasteiger partial charge in [-0.25, -0.2) is 4.79 Å². The van der Waals surface area contributed by atoms with Crippen LogP contribution >= 0.6 is 0 Å². The Bertz CT molecular complexity index is 714. The van der Waals surface area contributed by atoms with Crippen molar-refractivity contribution >= 4 is 23.5 Å². The molecule has 26 heavy (non-hydrogen) atoms. The van der Waals surface area contributed by atoms with Gasteiger partial charge in [0, 0.05) is 12.1 Å². The Hall–Kier alpha value is -2.41. The van der Waals surface area contributed by atoms with Crippen molar-refractivity contribution in [3.63, 3.8) is 0 Å². The van der Waals surface area contributed by atoms with Crippen molar-refractivity contribution in [1.82, 2.24) is 16.0 Å². The first-order chi connectivity index (χ1) is 12.4. The number of hydrogen-bond acceptors (Lipinski definition) is 4. The van der Waals surface area contributed by atoms with Crippen molar-refractivity contribution in [2.24, 2.45) is 11.8 Å². The maximum Gasteiger partial charge on any atom is 0.322 e.